The second-order valence-corrected chi connectivity index (χ2v) is 9.65. The number of benzene rings is 3. The highest BCUT2D eigenvalue weighted by molar-refractivity contribution is 7.89. The Kier molecular flexibility index (Phi) is 7.04. The molecule has 1 N–H and O–H groups in total. The number of fused-ring (bicyclic) bond motifs is 1. The third-order valence-electron chi connectivity index (χ3n) is 5.42. The quantitative estimate of drug-likeness (QED) is 0.503. The molecule has 34 heavy (non-hydrogen) atoms. The first-order valence-electron chi connectivity index (χ1n) is 10.8. The predicted molar refractivity (Wildman–Crippen MR) is 127 cm³/mol. The Labute approximate surface area is 199 Å². The van der Waals surface area contributed by atoms with Crippen LogP contribution in [-0.4, -0.2) is 46.2 Å². The van der Waals surface area contributed by atoms with Gasteiger partial charge in [-0.15, -0.1) is 0 Å². The van der Waals surface area contributed by atoms with Crippen LogP contribution in [0.1, 0.15) is 21.5 Å². The molecule has 8 nitrogen and oxygen atoms in total. The van der Waals surface area contributed by atoms with Crippen LogP contribution in [0.3, 0.4) is 0 Å². The third-order valence-corrected chi connectivity index (χ3v) is 6.82. The molecule has 0 saturated carbocycles. The molecule has 0 bridgehead atoms. The zero-order valence-electron chi connectivity index (χ0n) is 19.0. The lowest BCUT2D eigenvalue weighted by Crippen LogP contribution is -2.31. The van der Waals surface area contributed by atoms with Crippen molar-refractivity contribution in [3.63, 3.8) is 0 Å². The molecule has 3 aromatic carbocycles. The van der Waals surface area contributed by atoms with Crippen LogP contribution in [-0.2, 0) is 16.6 Å². The molecule has 9 heteroatoms. The van der Waals surface area contributed by atoms with Crippen molar-refractivity contribution in [3.8, 4) is 17.2 Å². The smallest absolute Gasteiger partial charge is 0.253 e. The number of carbonyl (C=O) groups excluding carboxylic acids is 1. The fourth-order valence-electron chi connectivity index (χ4n) is 3.44. The van der Waals surface area contributed by atoms with E-state index >= 15 is 0 Å². The van der Waals surface area contributed by atoms with Gasteiger partial charge in [0.15, 0.2) is 11.5 Å². The molecule has 0 radical (unpaired) electrons. The highest BCUT2D eigenvalue weighted by atomic mass is 32.2. The second-order valence-electron chi connectivity index (χ2n) is 7.88. The van der Waals surface area contributed by atoms with Crippen molar-refractivity contribution < 1.29 is 27.4 Å². The van der Waals surface area contributed by atoms with Gasteiger partial charge in [-0.25, -0.2) is 13.1 Å². The Bertz CT molecular complexity index is 1290. The number of ether oxygens (including phenoxy) is 3. The summed E-state index contributed by atoms with van der Waals surface area (Å²) in [7, 11) is -2.17. The molecule has 1 heterocycles. The van der Waals surface area contributed by atoms with Gasteiger partial charge in [0.25, 0.3) is 5.91 Å². The maximum atomic E-state index is 12.9. The molecule has 3 aromatic rings. The monoisotopic (exact) mass is 482 g/mol. The SMILES string of the molecule is Cc1ccccc1OCCN(C)C(=O)c1cccc(S(=O)(=O)NCc2ccc3c(c2)OCO3)c1. The summed E-state index contributed by atoms with van der Waals surface area (Å²) in [6.07, 6.45) is 0. The van der Waals surface area contributed by atoms with Crippen LogP contribution in [0.2, 0.25) is 0 Å². The molecule has 0 aromatic heterocycles. The highest BCUT2D eigenvalue weighted by Crippen LogP contribution is 2.32. The van der Waals surface area contributed by atoms with Crippen LogP contribution >= 0.6 is 0 Å². The van der Waals surface area contributed by atoms with Gasteiger partial charge in [-0.2, -0.15) is 0 Å². The van der Waals surface area contributed by atoms with E-state index in [9.17, 15) is 13.2 Å². The van der Waals surface area contributed by atoms with Crippen molar-refractivity contribution in [2.45, 2.75) is 18.4 Å². The summed E-state index contributed by atoms with van der Waals surface area (Å²) in [5, 5.41) is 0. The van der Waals surface area contributed by atoms with Gasteiger partial charge in [-0.3, -0.25) is 4.79 Å². The standard InChI is InChI=1S/C25H26N2O6S/c1-18-6-3-4-9-22(18)31-13-12-27(2)25(28)20-7-5-8-21(15-20)34(29,30)26-16-19-10-11-23-24(14-19)33-17-32-23/h3-11,14-15,26H,12-13,16-17H2,1-2H3. The lowest BCUT2D eigenvalue weighted by Gasteiger charge is -2.18. The van der Waals surface area contributed by atoms with E-state index in [-0.39, 0.29) is 29.7 Å². The van der Waals surface area contributed by atoms with Gasteiger partial charge < -0.3 is 19.1 Å². The molecule has 1 aliphatic heterocycles. The lowest BCUT2D eigenvalue weighted by molar-refractivity contribution is 0.0773. The second kappa shape index (κ2) is 10.1. The molecule has 178 valence electrons. The number of likely N-dealkylation sites (N-methyl/N-ethyl adjacent to an activating group) is 1. The maximum absolute atomic E-state index is 12.9. The minimum atomic E-state index is -3.83. The summed E-state index contributed by atoms with van der Waals surface area (Å²) in [5.41, 5.74) is 2.03. The third kappa shape index (κ3) is 5.49. The fraction of sp³-hybridized carbons (Fsp3) is 0.240. The average Bonchev–Trinajstić information content (AvgIpc) is 3.31. The minimum absolute atomic E-state index is 0.0173. The van der Waals surface area contributed by atoms with Crippen molar-refractivity contribution in [2.75, 3.05) is 27.0 Å². The molecule has 0 fully saturated rings. The zero-order chi connectivity index (χ0) is 24.1. The van der Waals surface area contributed by atoms with E-state index in [0.29, 0.717) is 24.7 Å². The molecule has 4 rings (SSSR count). The average molecular weight is 483 g/mol. The van der Waals surface area contributed by atoms with E-state index < -0.39 is 10.0 Å². The largest absolute Gasteiger partial charge is 0.491 e. The Morgan fingerprint density at radius 3 is 2.65 bits per heavy atom. The summed E-state index contributed by atoms with van der Waals surface area (Å²) < 4.78 is 44.6. The number of hydrogen-bond donors (Lipinski definition) is 1. The summed E-state index contributed by atoms with van der Waals surface area (Å²) in [6.45, 7) is 2.86. The summed E-state index contributed by atoms with van der Waals surface area (Å²) in [5.74, 6) is 1.69. The van der Waals surface area contributed by atoms with E-state index in [0.717, 1.165) is 16.9 Å². The first kappa shape index (κ1) is 23.6. The van der Waals surface area contributed by atoms with Gasteiger partial charge >= 0.3 is 0 Å². The molecule has 0 atom stereocenters. The van der Waals surface area contributed by atoms with Gasteiger partial charge in [-0.05, 0) is 54.4 Å². The van der Waals surface area contributed by atoms with Gasteiger partial charge in [-0.1, -0.05) is 30.3 Å². The molecule has 0 aliphatic carbocycles. The van der Waals surface area contributed by atoms with Crippen molar-refractivity contribution >= 4 is 15.9 Å². The lowest BCUT2D eigenvalue weighted by atomic mass is 10.2. The van der Waals surface area contributed by atoms with Crippen LogP contribution in [0.15, 0.2) is 71.6 Å². The molecule has 0 saturated heterocycles. The molecular formula is C25H26N2O6S. The first-order valence-corrected chi connectivity index (χ1v) is 12.2. The number of sulfonamides is 1. The number of hydrogen-bond acceptors (Lipinski definition) is 6. The van der Waals surface area contributed by atoms with Crippen molar-refractivity contribution in [1.29, 1.82) is 0 Å². The fourth-order valence-corrected chi connectivity index (χ4v) is 4.50. The molecule has 0 spiro atoms. The Hall–Kier alpha value is -3.56. The van der Waals surface area contributed by atoms with Gasteiger partial charge in [0.05, 0.1) is 11.4 Å². The number of nitrogens with one attached hydrogen (secondary N) is 1. The van der Waals surface area contributed by atoms with Gasteiger partial charge in [0.2, 0.25) is 16.8 Å². The van der Waals surface area contributed by atoms with Crippen LogP contribution in [0.5, 0.6) is 17.2 Å². The van der Waals surface area contributed by atoms with Crippen LogP contribution in [0.25, 0.3) is 0 Å². The zero-order valence-corrected chi connectivity index (χ0v) is 19.8. The molecule has 1 aliphatic rings. The number of para-hydroxylation sites is 1. The van der Waals surface area contributed by atoms with E-state index in [4.69, 9.17) is 14.2 Å². The topological polar surface area (TPSA) is 94.2 Å². The van der Waals surface area contributed by atoms with Crippen LogP contribution in [0, 0.1) is 6.92 Å². The van der Waals surface area contributed by atoms with Crippen LogP contribution < -0.4 is 18.9 Å². The van der Waals surface area contributed by atoms with Gasteiger partial charge in [0.1, 0.15) is 12.4 Å². The Balaban J connectivity index is 1.36. The van der Waals surface area contributed by atoms with E-state index in [1.807, 2.05) is 31.2 Å². The minimum Gasteiger partial charge on any atom is -0.491 e. The number of carbonyl (C=O) groups is 1. The number of amides is 1. The Morgan fingerprint density at radius 2 is 1.82 bits per heavy atom. The predicted octanol–water partition coefficient (Wildman–Crippen LogP) is 3.35. The van der Waals surface area contributed by atoms with Crippen molar-refractivity contribution in [2.24, 2.45) is 0 Å². The summed E-state index contributed by atoms with van der Waals surface area (Å²) >= 11 is 0. The Morgan fingerprint density at radius 1 is 1.03 bits per heavy atom. The van der Waals surface area contributed by atoms with E-state index in [1.165, 1.54) is 17.0 Å². The van der Waals surface area contributed by atoms with E-state index in [2.05, 4.69) is 4.72 Å². The molecular weight excluding hydrogens is 456 g/mol. The van der Waals surface area contributed by atoms with E-state index in [1.54, 1.807) is 37.4 Å². The van der Waals surface area contributed by atoms with Crippen LogP contribution in [0.4, 0.5) is 0 Å². The van der Waals surface area contributed by atoms with Crippen molar-refractivity contribution in [3.05, 3.63) is 83.4 Å². The summed E-state index contributed by atoms with van der Waals surface area (Å²) in [6, 6.07) is 18.9. The number of aryl methyl sites for hydroxylation is 1. The molecule has 0 unspecified atom stereocenters. The normalized spacial score (nSPS) is 12.4. The maximum Gasteiger partial charge on any atom is 0.253 e. The van der Waals surface area contributed by atoms with Gasteiger partial charge in [0, 0.05) is 19.2 Å². The number of rotatable bonds is 9. The highest BCUT2D eigenvalue weighted by Gasteiger charge is 2.19. The first-order chi connectivity index (χ1) is 16.3. The number of nitrogens with zero attached hydrogens (tertiary/aromatic N) is 1. The summed E-state index contributed by atoms with van der Waals surface area (Å²) in [4.78, 5) is 14.4. The molecule has 1 amide bonds. The van der Waals surface area contributed by atoms with Crippen molar-refractivity contribution in [1.82, 2.24) is 9.62 Å².